The zero-order chi connectivity index (χ0) is 17.1. The number of aromatic nitrogens is 1. The fourth-order valence-corrected chi connectivity index (χ4v) is 3.62. The van der Waals surface area contributed by atoms with Crippen molar-refractivity contribution < 1.29 is 14.1 Å². The lowest BCUT2D eigenvalue weighted by atomic mass is 9.98. The molecule has 1 aromatic heterocycles. The molecule has 2 fully saturated rings. The fourth-order valence-electron chi connectivity index (χ4n) is 3.62. The van der Waals surface area contributed by atoms with Crippen LogP contribution >= 0.6 is 0 Å². The van der Waals surface area contributed by atoms with E-state index in [1.165, 1.54) is 0 Å². The van der Waals surface area contributed by atoms with Gasteiger partial charge in [0.2, 0.25) is 11.7 Å². The topological polar surface area (TPSA) is 66.7 Å². The average molecular weight is 333 g/mol. The predicted octanol–water partition coefficient (Wildman–Crippen LogP) is 2.81. The number of hydrogen-bond acceptors (Lipinski definition) is 4. The number of likely N-dealkylation sites (tertiary alicyclic amines) is 2. The van der Waals surface area contributed by atoms with Crippen LogP contribution in [0.1, 0.15) is 74.5 Å². The minimum atomic E-state index is -0.0631. The van der Waals surface area contributed by atoms with Gasteiger partial charge in [0.15, 0.2) is 0 Å². The largest absolute Gasteiger partial charge is 0.351 e. The molecule has 0 aromatic carbocycles. The molecule has 6 nitrogen and oxygen atoms in total. The van der Waals surface area contributed by atoms with Crippen LogP contribution in [0, 0.1) is 0 Å². The summed E-state index contributed by atoms with van der Waals surface area (Å²) in [4.78, 5) is 28.4. The summed E-state index contributed by atoms with van der Waals surface area (Å²) < 4.78 is 5.28. The second-order valence-corrected chi connectivity index (χ2v) is 7.19. The maximum absolute atomic E-state index is 12.8. The molecule has 0 spiro atoms. The van der Waals surface area contributed by atoms with Gasteiger partial charge in [-0.25, -0.2) is 0 Å². The third-order valence-electron chi connectivity index (χ3n) is 5.12. The van der Waals surface area contributed by atoms with Crippen LogP contribution in [0.15, 0.2) is 10.6 Å². The molecule has 3 heterocycles. The number of piperidine rings is 1. The third kappa shape index (κ3) is 3.62. The van der Waals surface area contributed by atoms with Gasteiger partial charge >= 0.3 is 0 Å². The van der Waals surface area contributed by atoms with E-state index in [2.05, 4.69) is 5.16 Å². The molecule has 2 aliphatic heterocycles. The van der Waals surface area contributed by atoms with E-state index in [0.29, 0.717) is 12.2 Å². The van der Waals surface area contributed by atoms with E-state index in [-0.39, 0.29) is 23.8 Å². The second-order valence-electron chi connectivity index (χ2n) is 7.19. The van der Waals surface area contributed by atoms with E-state index in [9.17, 15) is 9.59 Å². The molecule has 24 heavy (non-hydrogen) atoms. The summed E-state index contributed by atoms with van der Waals surface area (Å²) in [6.45, 7) is 6.43. The second kappa shape index (κ2) is 7.36. The van der Waals surface area contributed by atoms with Crippen molar-refractivity contribution >= 4 is 11.8 Å². The van der Waals surface area contributed by atoms with E-state index in [1.807, 2.05) is 23.6 Å². The molecule has 2 amide bonds. The number of amides is 2. The van der Waals surface area contributed by atoms with E-state index >= 15 is 0 Å². The van der Waals surface area contributed by atoms with Gasteiger partial charge < -0.3 is 14.3 Å². The Labute approximate surface area is 143 Å². The highest BCUT2D eigenvalue weighted by molar-refractivity contribution is 5.91. The molecule has 0 saturated carbocycles. The van der Waals surface area contributed by atoms with Crippen molar-refractivity contribution in [2.45, 2.75) is 64.3 Å². The van der Waals surface area contributed by atoms with Gasteiger partial charge in [0.25, 0.3) is 5.91 Å². The number of rotatable bonds is 5. The van der Waals surface area contributed by atoms with Crippen molar-refractivity contribution in [3.63, 3.8) is 0 Å². The molecule has 3 rings (SSSR count). The number of carbonyl (C=O) groups is 2. The van der Waals surface area contributed by atoms with Gasteiger partial charge in [-0.05, 0) is 38.0 Å². The minimum Gasteiger partial charge on any atom is -0.351 e. The lowest BCUT2D eigenvalue weighted by Crippen LogP contribution is -2.45. The van der Waals surface area contributed by atoms with Gasteiger partial charge in [0.1, 0.15) is 0 Å². The molecule has 0 unspecified atom stereocenters. The Bertz CT molecular complexity index is 596. The Balaban J connectivity index is 1.64. The molecule has 2 saturated heterocycles. The lowest BCUT2D eigenvalue weighted by molar-refractivity contribution is -0.127. The SMILES string of the molecule is CC(C)c1cc(C(=O)N2CCCC[C@@H]2CCN2CCCC2=O)on1. The van der Waals surface area contributed by atoms with Gasteiger partial charge in [-0.15, -0.1) is 0 Å². The summed E-state index contributed by atoms with van der Waals surface area (Å²) in [6, 6.07) is 1.95. The first-order valence-electron chi connectivity index (χ1n) is 9.11. The normalized spacial score (nSPS) is 21.8. The van der Waals surface area contributed by atoms with E-state index in [4.69, 9.17) is 4.52 Å². The van der Waals surface area contributed by atoms with Crippen molar-refractivity contribution in [2.75, 3.05) is 19.6 Å². The van der Waals surface area contributed by atoms with Crippen LogP contribution in [0.3, 0.4) is 0 Å². The molecular weight excluding hydrogens is 306 g/mol. The van der Waals surface area contributed by atoms with Crippen LogP contribution in [0.25, 0.3) is 0 Å². The van der Waals surface area contributed by atoms with Crippen LogP contribution in [-0.4, -0.2) is 52.4 Å². The number of carbonyl (C=O) groups excluding carboxylic acids is 2. The Morgan fingerprint density at radius 3 is 2.83 bits per heavy atom. The van der Waals surface area contributed by atoms with Crippen molar-refractivity contribution in [3.05, 3.63) is 17.5 Å². The summed E-state index contributed by atoms with van der Waals surface area (Å²) in [7, 11) is 0. The molecule has 132 valence electrons. The highest BCUT2D eigenvalue weighted by atomic mass is 16.5. The van der Waals surface area contributed by atoms with Gasteiger partial charge in [0.05, 0.1) is 5.69 Å². The molecular formula is C18H27N3O3. The Morgan fingerprint density at radius 1 is 1.33 bits per heavy atom. The Kier molecular flexibility index (Phi) is 5.21. The number of hydrogen-bond donors (Lipinski definition) is 0. The smallest absolute Gasteiger partial charge is 0.292 e. The van der Waals surface area contributed by atoms with Crippen LogP contribution in [0.4, 0.5) is 0 Å². The van der Waals surface area contributed by atoms with Gasteiger partial charge in [-0.3, -0.25) is 9.59 Å². The maximum Gasteiger partial charge on any atom is 0.292 e. The van der Waals surface area contributed by atoms with E-state index in [1.54, 1.807) is 6.07 Å². The van der Waals surface area contributed by atoms with Crippen molar-refractivity contribution in [2.24, 2.45) is 0 Å². The fraction of sp³-hybridized carbons (Fsp3) is 0.722. The summed E-state index contributed by atoms with van der Waals surface area (Å²) >= 11 is 0. The zero-order valence-electron chi connectivity index (χ0n) is 14.7. The molecule has 2 aliphatic rings. The summed E-state index contributed by atoms with van der Waals surface area (Å²) in [5.74, 6) is 0.767. The van der Waals surface area contributed by atoms with E-state index in [0.717, 1.165) is 57.4 Å². The summed E-state index contributed by atoms with van der Waals surface area (Å²) in [5.41, 5.74) is 0.814. The first-order chi connectivity index (χ1) is 11.6. The van der Waals surface area contributed by atoms with Gasteiger partial charge in [0, 0.05) is 38.2 Å². The first kappa shape index (κ1) is 17.0. The third-order valence-corrected chi connectivity index (χ3v) is 5.12. The standard InChI is InChI=1S/C18H27N3O3/c1-13(2)15-12-16(24-19-15)18(23)21-10-4-3-6-14(21)8-11-20-9-5-7-17(20)22/h12-14H,3-11H2,1-2H3/t14-/m1/s1. The monoisotopic (exact) mass is 333 g/mol. The highest BCUT2D eigenvalue weighted by Gasteiger charge is 2.31. The number of nitrogens with zero attached hydrogens (tertiary/aromatic N) is 3. The maximum atomic E-state index is 12.8. The molecule has 0 bridgehead atoms. The summed E-state index contributed by atoms with van der Waals surface area (Å²) in [5, 5.41) is 4.00. The lowest BCUT2D eigenvalue weighted by Gasteiger charge is -2.36. The highest BCUT2D eigenvalue weighted by Crippen LogP contribution is 2.24. The van der Waals surface area contributed by atoms with Gasteiger partial charge in [-0.2, -0.15) is 0 Å². The molecule has 1 atom stereocenters. The first-order valence-corrected chi connectivity index (χ1v) is 9.11. The Morgan fingerprint density at radius 2 is 2.17 bits per heavy atom. The molecule has 6 heteroatoms. The molecule has 0 aliphatic carbocycles. The molecule has 0 N–H and O–H groups in total. The van der Waals surface area contributed by atoms with Crippen molar-refractivity contribution in [1.29, 1.82) is 0 Å². The van der Waals surface area contributed by atoms with Crippen LogP contribution in [0.5, 0.6) is 0 Å². The zero-order valence-corrected chi connectivity index (χ0v) is 14.7. The van der Waals surface area contributed by atoms with Crippen LogP contribution < -0.4 is 0 Å². The average Bonchev–Trinajstić information content (AvgIpc) is 3.22. The molecule has 0 radical (unpaired) electrons. The Hall–Kier alpha value is -1.85. The van der Waals surface area contributed by atoms with Crippen LogP contribution in [-0.2, 0) is 4.79 Å². The van der Waals surface area contributed by atoms with Crippen LogP contribution in [0.2, 0.25) is 0 Å². The minimum absolute atomic E-state index is 0.0631. The molecule has 1 aromatic rings. The van der Waals surface area contributed by atoms with Crippen molar-refractivity contribution in [1.82, 2.24) is 15.0 Å². The quantitative estimate of drug-likeness (QED) is 0.831. The summed E-state index contributed by atoms with van der Waals surface area (Å²) in [6.07, 6.45) is 5.64. The van der Waals surface area contributed by atoms with E-state index < -0.39 is 0 Å². The van der Waals surface area contributed by atoms with Gasteiger partial charge in [-0.1, -0.05) is 19.0 Å². The predicted molar refractivity (Wildman–Crippen MR) is 89.7 cm³/mol. The van der Waals surface area contributed by atoms with Crippen molar-refractivity contribution in [3.8, 4) is 0 Å².